The Morgan fingerprint density at radius 3 is 2.44 bits per heavy atom. The zero-order valence-corrected chi connectivity index (χ0v) is 16.1. The molecule has 0 atom stereocenters. The van der Waals surface area contributed by atoms with Gasteiger partial charge >= 0.3 is 0 Å². The van der Waals surface area contributed by atoms with E-state index in [2.05, 4.69) is 4.98 Å². The van der Waals surface area contributed by atoms with Crippen LogP contribution in [0.1, 0.15) is 16.8 Å². The molecule has 142 valence electrons. The molecule has 1 aliphatic heterocycles. The van der Waals surface area contributed by atoms with Gasteiger partial charge in [-0.25, -0.2) is 0 Å². The average Bonchev–Trinajstić information content (AvgIpc) is 2.93. The lowest BCUT2D eigenvalue weighted by Gasteiger charge is -2.22. The van der Waals surface area contributed by atoms with Gasteiger partial charge in [-0.1, -0.05) is 23.2 Å². The molecule has 1 saturated heterocycles. The third-order valence-electron chi connectivity index (χ3n) is 4.31. The van der Waals surface area contributed by atoms with Crippen LogP contribution in [0.3, 0.4) is 0 Å². The Labute approximate surface area is 167 Å². The van der Waals surface area contributed by atoms with Crippen molar-refractivity contribution in [2.24, 2.45) is 0 Å². The Morgan fingerprint density at radius 1 is 1.00 bits per heavy atom. The number of rotatable bonds is 4. The van der Waals surface area contributed by atoms with E-state index in [0.29, 0.717) is 54.0 Å². The molecule has 1 aromatic carbocycles. The summed E-state index contributed by atoms with van der Waals surface area (Å²) in [7, 11) is 0. The summed E-state index contributed by atoms with van der Waals surface area (Å²) in [6.07, 6.45) is 3.91. The molecule has 1 aliphatic rings. The lowest BCUT2D eigenvalue weighted by molar-refractivity contribution is -0.133. The van der Waals surface area contributed by atoms with Crippen LogP contribution >= 0.6 is 23.2 Å². The highest BCUT2D eigenvalue weighted by atomic mass is 35.5. The second kappa shape index (κ2) is 9.06. The molecule has 0 radical (unpaired) electrons. The summed E-state index contributed by atoms with van der Waals surface area (Å²) in [6.45, 7) is 2.02. The van der Waals surface area contributed by atoms with Crippen LogP contribution in [0.15, 0.2) is 42.7 Å². The molecular weight excluding hydrogens is 389 g/mol. The van der Waals surface area contributed by atoms with Crippen molar-refractivity contribution in [2.45, 2.75) is 6.42 Å². The number of pyridine rings is 1. The second-order valence-corrected chi connectivity index (χ2v) is 6.97. The molecule has 8 heteroatoms. The molecule has 3 rings (SSSR count). The smallest absolute Gasteiger partial charge is 0.260 e. The number of hydrogen-bond donors (Lipinski definition) is 0. The fourth-order valence-corrected chi connectivity index (χ4v) is 3.33. The van der Waals surface area contributed by atoms with Gasteiger partial charge in [-0.2, -0.15) is 0 Å². The highest BCUT2D eigenvalue weighted by Crippen LogP contribution is 2.27. The van der Waals surface area contributed by atoms with Gasteiger partial charge in [0.1, 0.15) is 5.75 Å². The van der Waals surface area contributed by atoms with Gasteiger partial charge in [-0.05, 0) is 36.8 Å². The largest absolute Gasteiger partial charge is 0.482 e. The van der Waals surface area contributed by atoms with Crippen LogP contribution in [0.5, 0.6) is 5.75 Å². The van der Waals surface area contributed by atoms with E-state index in [4.69, 9.17) is 27.9 Å². The van der Waals surface area contributed by atoms with E-state index in [1.54, 1.807) is 52.5 Å². The summed E-state index contributed by atoms with van der Waals surface area (Å²) in [5.74, 6) is 0.230. The molecule has 27 heavy (non-hydrogen) atoms. The van der Waals surface area contributed by atoms with Crippen molar-refractivity contribution in [2.75, 3.05) is 32.8 Å². The number of halogens is 2. The number of hydrogen-bond acceptors (Lipinski definition) is 4. The van der Waals surface area contributed by atoms with E-state index in [-0.39, 0.29) is 18.4 Å². The predicted octanol–water partition coefficient (Wildman–Crippen LogP) is 3.14. The number of aromatic nitrogens is 1. The van der Waals surface area contributed by atoms with Gasteiger partial charge in [0.05, 0.1) is 5.02 Å². The van der Waals surface area contributed by atoms with E-state index >= 15 is 0 Å². The lowest BCUT2D eigenvalue weighted by Crippen LogP contribution is -2.39. The molecule has 0 bridgehead atoms. The van der Waals surface area contributed by atoms with Crippen LogP contribution < -0.4 is 4.74 Å². The fourth-order valence-electron chi connectivity index (χ4n) is 2.87. The Balaban J connectivity index is 1.54. The average molecular weight is 408 g/mol. The van der Waals surface area contributed by atoms with Crippen LogP contribution in [-0.4, -0.2) is 59.4 Å². The molecule has 0 saturated carbocycles. The van der Waals surface area contributed by atoms with Crippen LogP contribution in [-0.2, 0) is 4.79 Å². The van der Waals surface area contributed by atoms with Crippen molar-refractivity contribution in [3.63, 3.8) is 0 Å². The van der Waals surface area contributed by atoms with E-state index in [1.807, 2.05) is 0 Å². The third kappa shape index (κ3) is 5.11. The van der Waals surface area contributed by atoms with Crippen molar-refractivity contribution in [1.82, 2.24) is 14.8 Å². The van der Waals surface area contributed by atoms with Gasteiger partial charge < -0.3 is 14.5 Å². The maximum Gasteiger partial charge on any atom is 0.260 e. The molecular formula is C19H19Cl2N3O3. The van der Waals surface area contributed by atoms with E-state index in [0.717, 1.165) is 0 Å². The first-order chi connectivity index (χ1) is 13.0. The number of ether oxygens (including phenoxy) is 1. The molecule has 0 unspecified atom stereocenters. The van der Waals surface area contributed by atoms with Crippen molar-refractivity contribution in [3.05, 3.63) is 58.3 Å². The minimum atomic E-state index is -0.140. The van der Waals surface area contributed by atoms with Gasteiger partial charge in [0.15, 0.2) is 6.61 Å². The predicted molar refractivity (Wildman–Crippen MR) is 103 cm³/mol. The molecule has 2 amide bonds. The number of nitrogens with zero attached hydrogens (tertiary/aromatic N) is 3. The minimum absolute atomic E-state index is 0.0455. The minimum Gasteiger partial charge on any atom is -0.482 e. The zero-order valence-electron chi connectivity index (χ0n) is 14.6. The second-order valence-electron chi connectivity index (χ2n) is 6.13. The Kier molecular flexibility index (Phi) is 6.53. The molecule has 2 heterocycles. The summed E-state index contributed by atoms with van der Waals surface area (Å²) in [5, 5.41) is 0.866. The molecule has 1 fully saturated rings. The number of amides is 2. The summed E-state index contributed by atoms with van der Waals surface area (Å²) in [4.78, 5) is 32.4. The number of carbonyl (C=O) groups excluding carboxylic acids is 2. The van der Waals surface area contributed by atoms with Gasteiger partial charge in [0, 0.05) is 49.2 Å². The summed E-state index contributed by atoms with van der Waals surface area (Å²) in [6, 6.07) is 8.24. The first kappa shape index (κ1) is 19.5. The van der Waals surface area contributed by atoms with E-state index < -0.39 is 0 Å². The fraction of sp³-hybridized carbons (Fsp3) is 0.316. The van der Waals surface area contributed by atoms with Crippen LogP contribution in [0.25, 0.3) is 0 Å². The van der Waals surface area contributed by atoms with Crippen molar-refractivity contribution < 1.29 is 14.3 Å². The normalized spacial score (nSPS) is 14.6. The SMILES string of the molecule is O=C(COc1ccc(Cl)cc1Cl)N1CCCN(C(=O)c2ccncc2)CC1. The maximum atomic E-state index is 12.5. The highest BCUT2D eigenvalue weighted by Gasteiger charge is 2.23. The van der Waals surface area contributed by atoms with Crippen molar-refractivity contribution >= 4 is 35.0 Å². The Hall–Kier alpha value is -2.31. The quantitative estimate of drug-likeness (QED) is 0.780. The maximum absolute atomic E-state index is 12.5. The Bertz CT molecular complexity index is 817. The topological polar surface area (TPSA) is 62.7 Å². The molecule has 1 aromatic heterocycles. The summed E-state index contributed by atoms with van der Waals surface area (Å²) < 4.78 is 5.52. The molecule has 2 aromatic rings. The highest BCUT2D eigenvalue weighted by molar-refractivity contribution is 6.35. The molecule has 6 nitrogen and oxygen atoms in total. The molecule has 0 N–H and O–H groups in total. The first-order valence-corrected chi connectivity index (χ1v) is 9.35. The van der Waals surface area contributed by atoms with Gasteiger partial charge in [-0.3, -0.25) is 14.6 Å². The first-order valence-electron chi connectivity index (χ1n) is 8.59. The van der Waals surface area contributed by atoms with Gasteiger partial charge in [-0.15, -0.1) is 0 Å². The van der Waals surface area contributed by atoms with Crippen LogP contribution in [0, 0.1) is 0 Å². The van der Waals surface area contributed by atoms with Crippen molar-refractivity contribution in [3.8, 4) is 5.75 Å². The van der Waals surface area contributed by atoms with E-state index in [1.165, 1.54) is 0 Å². The van der Waals surface area contributed by atoms with Gasteiger partial charge in [0.25, 0.3) is 11.8 Å². The molecule has 0 aliphatic carbocycles. The van der Waals surface area contributed by atoms with Crippen LogP contribution in [0.4, 0.5) is 0 Å². The number of carbonyl (C=O) groups is 2. The monoisotopic (exact) mass is 407 g/mol. The lowest BCUT2D eigenvalue weighted by atomic mass is 10.2. The summed E-state index contributed by atoms with van der Waals surface area (Å²) in [5.41, 5.74) is 0.602. The summed E-state index contributed by atoms with van der Waals surface area (Å²) >= 11 is 11.9. The zero-order chi connectivity index (χ0) is 19.2. The number of benzene rings is 1. The van der Waals surface area contributed by atoms with Crippen molar-refractivity contribution in [1.29, 1.82) is 0 Å². The third-order valence-corrected chi connectivity index (χ3v) is 4.84. The Morgan fingerprint density at radius 2 is 1.70 bits per heavy atom. The van der Waals surface area contributed by atoms with E-state index in [9.17, 15) is 9.59 Å². The van der Waals surface area contributed by atoms with Crippen LogP contribution in [0.2, 0.25) is 10.0 Å². The standard InChI is InChI=1S/C19H19Cl2N3O3/c20-15-2-3-17(16(21)12-15)27-13-18(25)23-8-1-9-24(11-10-23)19(26)14-4-6-22-7-5-14/h2-7,12H,1,8-11,13H2. The van der Waals surface area contributed by atoms with Gasteiger partial charge in [0.2, 0.25) is 0 Å². The molecule has 0 spiro atoms.